The Morgan fingerprint density at radius 3 is 2.38 bits per heavy atom. The summed E-state index contributed by atoms with van der Waals surface area (Å²) in [5.41, 5.74) is 3.74. The highest BCUT2D eigenvalue weighted by molar-refractivity contribution is 5.78. The fourth-order valence-corrected chi connectivity index (χ4v) is 5.90. The van der Waals surface area contributed by atoms with E-state index in [1.807, 2.05) is 30.6 Å². The molecule has 2 aliphatic heterocycles. The van der Waals surface area contributed by atoms with Gasteiger partial charge in [0.15, 0.2) is 0 Å². The topological polar surface area (TPSA) is 58.6 Å². The first-order chi connectivity index (χ1) is 18.2. The molecule has 1 saturated heterocycles. The van der Waals surface area contributed by atoms with Crippen LogP contribution in [0.2, 0.25) is 0 Å². The highest BCUT2D eigenvalue weighted by atomic mass is 16.5. The Balaban J connectivity index is 1.29. The molecule has 5 rings (SSSR count). The van der Waals surface area contributed by atoms with Crippen LogP contribution in [-0.2, 0) is 24.2 Å². The van der Waals surface area contributed by atoms with Crippen LogP contribution >= 0.6 is 0 Å². The van der Waals surface area contributed by atoms with Gasteiger partial charge in [-0.2, -0.15) is 0 Å². The molecule has 1 spiro atoms. The van der Waals surface area contributed by atoms with Crippen molar-refractivity contribution in [1.29, 1.82) is 0 Å². The molecule has 1 fully saturated rings. The minimum Gasteiger partial charge on any atom is -0.492 e. The summed E-state index contributed by atoms with van der Waals surface area (Å²) in [5, 5.41) is 0. The number of benzene rings is 1. The summed E-state index contributed by atoms with van der Waals surface area (Å²) in [6.07, 6.45) is 14.5. The van der Waals surface area contributed by atoms with E-state index in [0.29, 0.717) is 13.0 Å². The second kappa shape index (κ2) is 12.3. The van der Waals surface area contributed by atoms with Crippen LogP contribution in [0.5, 0.6) is 5.75 Å². The van der Waals surface area contributed by atoms with E-state index in [-0.39, 0.29) is 11.3 Å². The molecule has 3 aromatic rings. The molecule has 6 heteroatoms. The van der Waals surface area contributed by atoms with E-state index in [0.717, 1.165) is 69.7 Å². The van der Waals surface area contributed by atoms with Gasteiger partial charge in [-0.3, -0.25) is 19.7 Å². The van der Waals surface area contributed by atoms with Crippen molar-refractivity contribution in [2.24, 2.45) is 5.41 Å². The van der Waals surface area contributed by atoms with Gasteiger partial charge in [0.05, 0.1) is 6.42 Å². The third-order valence-electron chi connectivity index (χ3n) is 7.98. The van der Waals surface area contributed by atoms with Crippen molar-refractivity contribution in [3.8, 4) is 5.75 Å². The lowest BCUT2D eigenvalue weighted by Crippen LogP contribution is -2.48. The first kappa shape index (κ1) is 25.4. The predicted molar refractivity (Wildman–Crippen MR) is 145 cm³/mol. The lowest BCUT2D eigenvalue weighted by Gasteiger charge is -2.45. The van der Waals surface area contributed by atoms with Crippen LogP contribution in [0.3, 0.4) is 0 Å². The summed E-state index contributed by atoms with van der Waals surface area (Å²) >= 11 is 0. The maximum absolute atomic E-state index is 13.0. The second-order valence-electron chi connectivity index (χ2n) is 10.7. The van der Waals surface area contributed by atoms with Crippen LogP contribution in [0.4, 0.5) is 0 Å². The molecule has 0 bridgehead atoms. The number of hydrogen-bond donors (Lipinski definition) is 0. The number of para-hydroxylation sites is 1. The highest BCUT2D eigenvalue weighted by Crippen LogP contribution is 2.39. The molecule has 4 heterocycles. The largest absolute Gasteiger partial charge is 0.492 e. The van der Waals surface area contributed by atoms with Gasteiger partial charge >= 0.3 is 0 Å². The van der Waals surface area contributed by atoms with Crippen LogP contribution in [0, 0.1) is 5.41 Å². The maximum atomic E-state index is 13.0. The number of nitrogens with zero attached hydrogens (tertiary/aromatic N) is 4. The van der Waals surface area contributed by atoms with Gasteiger partial charge in [0.2, 0.25) is 5.91 Å². The van der Waals surface area contributed by atoms with E-state index < -0.39 is 0 Å². The number of carbonyl (C=O) groups excluding carboxylic acids is 1. The molecule has 0 aliphatic carbocycles. The second-order valence-corrected chi connectivity index (χ2v) is 10.7. The molecule has 0 N–H and O–H groups in total. The van der Waals surface area contributed by atoms with Crippen molar-refractivity contribution in [3.63, 3.8) is 0 Å². The quantitative estimate of drug-likeness (QED) is 0.510. The van der Waals surface area contributed by atoms with Crippen molar-refractivity contribution in [2.75, 3.05) is 32.8 Å². The number of aromatic nitrogens is 2. The van der Waals surface area contributed by atoms with E-state index in [2.05, 4.69) is 50.1 Å². The summed E-state index contributed by atoms with van der Waals surface area (Å²) in [6.45, 7) is 5.10. The number of pyridine rings is 2. The number of piperidine rings is 1. The third-order valence-corrected chi connectivity index (χ3v) is 7.98. The van der Waals surface area contributed by atoms with Crippen molar-refractivity contribution in [1.82, 2.24) is 19.8 Å². The van der Waals surface area contributed by atoms with Gasteiger partial charge < -0.3 is 9.64 Å². The number of hydrogen-bond acceptors (Lipinski definition) is 5. The molecule has 2 aromatic heterocycles. The number of amides is 1. The monoisotopic (exact) mass is 498 g/mol. The standard InChI is InChI=1S/C31H38N4O2/c36-30(21-26-7-5-15-32-22-26)35-17-13-31(14-18-35)12-4-3-10-28-9-1-2-11-29(28)37-20-19-34(25-31)24-27-8-6-16-33-23-27/h1-2,5-9,11,15-16,22-23H,3-4,10,12-14,17-21,24-25H2. The average molecular weight is 499 g/mol. The van der Waals surface area contributed by atoms with Gasteiger partial charge in [-0.15, -0.1) is 0 Å². The zero-order valence-corrected chi connectivity index (χ0v) is 21.7. The fraction of sp³-hybridized carbons (Fsp3) is 0.452. The number of likely N-dealkylation sites (tertiary alicyclic amines) is 1. The van der Waals surface area contributed by atoms with E-state index in [1.54, 1.807) is 12.4 Å². The minimum absolute atomic E-state index is 0.214. The van der Waals surface area contributed by atoms with Gasteiger partial charge in [0.1, 0.15) is 12.4 Å². The van der Waals surface area contributed by atoms with Gasteiger partial charge in [0, 0.05) is 57.5 Å². The predicted octanol–water partition coefficient (Wildman–Crippen LogP) is 4.94. The number of carbonyl (C=O) groups is 1. The van der Waals surface area contributed by atoms with Crippen LogP contribution < -0.4 is 4.74 Å². The first-order valence-corrected chi connectivity index (χ1v) is 13.7. The van der Waals surface area contributed by atoms with Gasteiger partial charge in [-0.1, -0.05) is 36.8 Å². The Hall–Kier alpha value is -3.25. The van der Waals surface area contributed by atoms with Crippen LogP contribution in [0.1, 0.15) is 48.8 Å². The van der Waals surface area contributed by atoms with E-state index in [4.69, 9.17) is 4.74 Å². The molecule has 6 nitrogen and oxygen atoms in total. The lowest BCUT2D eigenvalue weighted by atomic mass is 9.73. The van der Waals surface area contributed by atoms with Crippen molar-refractivity contribution in [3.05, 3.63) is 90.0 Å². The summed E-state index contributed by atoms with van der Waals surface area (Å²) < 4.78 is 6.29. The highest BCUT2D eigenvalue weighted by Gasteiger charge is 2.37. The molecule has 37 heavy (non-hydrogen) atoms. The normalized spacial score (nSPS) is 18.8. The smallest absolute Gasteiger partial charge is 0.227 e. The Morgan fingerprint density at radius 2 is 1.62 bits per heavy atom. The van der Waals surface area contributed by atoms with Crippen LogP contribution in [0.25, 0.3) is 0 Å². The van der Waals surface area contributed by atoms with E-state index in [1.165, 1.54) is 24.0 Å². The summed E-state index contributed by atoms with van der Waals surface area (Å²) in [6, 6.07) is 16.5. The van der Waals surface area contributed by atoms with Crippen molar-refractivity contribution < 1.29 is 9.53 Å². The molecule has 0 atom stereocenters. The van der Waals surface area contributed by atoms with Crippen LogP contribution in [-0.4, -0.2) is 58.5 Å². The zero-order chi connectivity index (χ0) is 25.3. The van der Waals surface area contributed by atoms with Crippen molar-refractivity contribution in [2.45, 2.75) is 51.5 Å². The molecule has 0 unspecified atom stereocenters. The molecular formula is C31H38N4O2. The lowest BCUT2D eigenvalue weighted by molar-refractivity contribution is -0.133. The fourth-order valence-electron chi connectivity index (χ4n) is 5.90. The Labute approximate surface area is 220 Å². The number of aryl methyl sites for hydroxylation is 1. The van der Waals surface area contributed by atoms with Gasteiger partial charge in [0.25, 0.3) is 0 Å². The summed E-state index contributed by atoms with van der Waals surface area (Å²) in [7, 11) is 0. The third kappa shape index (κ3) is 6.95. The molecular weight excluding hydrogens is 460 g/mol. The number of fused-ring (bicyclic) bond motifs is 1. The van der Waals surface area contributed by atoms with Crippen molar-refractivity contribution >= 4 is 5.91 Å². The summed E-state index contributed by atoms with van der Waals surface area (Å²) in [5.74, 6) is 1.24. The average Bonchev–Trinajstić information content (AvgIpc) is 2.93. The van der Waals surface area contributed by atoms with E-state index in [9.17, 15) is 4.79 Å². The number of ether oxygens (including phenoxy) is 1. The van der Waals surface area contributed by atoms with E-state index >= 15 is 0 Å². The Kier molecular flexibility index (Phi) is 8.46. The molecule has 1 aromatic carbocycles. The minimum atomic E-state index is 0.214. The Morgan fingerprint density at radius 1 is 0.865 bits per heavy atom. The molecule has 2 aliphatic rings. The SMILES string of the molecule is O=C(Cc1cccnc1)N1CCC2(CCCCc3ccccc3OCCN(Cc3cccnc3)C2)CC1. The zero-order valence-electron chi connectivity index (χ0n) is 21.7. The molecule has 0 saturated carbocycles. The number of rotatable bonds is 4. The Bertz CT molecular complexity index is 1130. The molecule has 0 radical (unpaired) electrons. The van der Waals surface area contributed by atoms with Crippen LogP contribution in [0.15, 0.2) is 73.3 Å². The summed E-state index contributed by atoms with van der Waals surface area (Å²) in [4.78, 5) is 26.2. The van der Waals surface area contributed by atoms with Gasteiger partial charge in [-0.05, 0) is 72.4 Å². The molecule has 194 valence electrons. The molecule has 1 amide bonds. The first-order valence-electron chi connectivity index (χ1n) is 13.7. The van der Waals surface area contributed by atoms with Gasteiger partial charge in [-0.25, -0.2) is 0 Å². The maximum Gasteiger partial charge on any atom is 0.227 e.